The summed E-state index contributed by atoms with van der Waals surface area (Å²) in [6, 6.07) is 10.5. The van der Waals surface area contributed by atoms with Gasteiger partial charge in [-0.15, -0.1) is 0 Å². The molecule has 0 atom stereocenters. The molecule has 0 fully saturated rings. The molecule has 1 aliphatic rings. The number of aromatic nitrogens is 2. The van der Waals surface area contributed by atoms with E-state index in [4.69, 9.17) is 28.9 Å². The largest absolute Gasteiger partial charge is 0.365 e. The van der Waals surface area contributed by atoms with Crippen molar-refractivity contribution < 1.29 is 14.0 Å². The lowest BCUT2D eigenvalue weighted by Crippen LogP contribution is -2.40. The monoisotopic (exact) mass is 460 g/mol. The Morgan fingerprint density at radius 2 is 1.77 bits per heavy atom. The van der Waals surface area contributed by atoms with E-state index in [2.05, 4.69) is 5.10 Å². The predicted octanol–water partition coefficient (Wildman–Crippen LogP) is 3.99. The van der Waals surface area contributed by atoms with Crippen LogP contribution < -0.4 is 5.73 Å². The van der Waals surface area contributed by atoms with E-state index in [0.717, 1.165) is 11.1 Å². The van der Waals surface area contributed by atoms with Crippen molar-refractivity contribution in [2.75, 3.05) is 6.54 Å². The smallest absolute Gasteiger partial charge is 0.252 e. The van der Waals surface area contributed by atoms with Crippen molar-refractivity contribution in [1.29, 1.82) is 0 Å². The van der Waals surface area contributed by atoms with Gasteiger partial charge in [0, 0.05) is 12.1 Å². The number of hydrogen-bond acceptors (Lipinski definition) is 3. The highest BCUT2D eigenvalue weighted by atomic mass is 35.5. The van der Waals surface area contributed by atoms with Crippen LogP contribution in [-0.2, 0) is 24.3 Å². The molecule has 0 aliphatic carbocycles. The summed E-state index contributed by atoms with van der Waals surface area (Å²) in [5.74, 6) is -1.49. The number of rotatable bonds is 4. The molecule has 6 nitrogen and oxygen atoms in total. The molecule has 2 heterocycles. The van der Waals surface area contributed by atoms with Crippen molar-refractivity contribution >= 4 is 35.0 Å². The van der Waals surface area contributed by atoms with Gasteiger partial charge in [-0.05, 0) is 24.6 Å². The molecule has 0 spiro atoms. The lowest BCUT2D eigenvalue weighted by molar-refractivity contribution is -0.132. The average Bonchev–Trinajstić information content (AvgIpc) is 3.12. The Kier molecular flexibility index (Phi) is 5.73. The van der Waals surface area contributed by atoms with E-state index in [-0.39, 0.29) is 40.2 Å². The minimum atomic E-state index is -0.746. The number of hydrogen-bond donors (Lipinski definition) is 1. The number of nitrogens with zero attached hydrogens (tertiary/aromatic N) is 3. The second-order valence-corrected chi connectivity index (χ2v) is 8.30. The van der Waals surface area contributed by atoms with E-state index in [0.29, 0.717) is 24.3 Å². The number of carbonyl (C=O) groups excluding carboxylic acids is 2. The van der Waals surface area contributed by atoms with Crippen LogP contribution in [0.25, 0.3) is 11.3 Å². The lowest BCUT2D eigenvalue weighted by atomic mass is 10.0. The van der Waals surface area contributed by atoms with Gasteiger partial charge in [0.15, 0.2) is 5.82 Å². The third-order valence-electron chi connectivity index (χ3n) is 5.31. The van der Waals surface area contributed by atoms with Gasteiger partial charge in [0.25, 0.3) is 5.91 Å². The maximum atomic E-state index is 13.8. The van der Waals surface area contributed by atoms with Gasteiger partial charge in [-0.25, -0.2) is 4.39 Å². The Morgan fingerprint density at radius 1 is 1.13 bits per heavy atom. The van der Waals surface area contributed by atoms with Crippen LogP contribution in [0, 0.1) is 12.7 Å². The Hall–Kier alpha value is -2.90. The number of carbonyl (C=O) groups is 2. The van der Waals surface area contributed by atoms with Crippen molar-refractivity contribution in [2.24, 2.45) is 5.73 Å². The third-order valence-corrected chi connectivity index (χ3v) is 5.86. The van der Waals surface area contributed by atoms with E-state index in [9.17, 15) is 14.0 Å². The summed E-state index contributed by atoms with van der Waals surface area (Å²) in [6.45, 7) is 3.03. The summed E-state index contributed by atoms with van der Waals surface area (Å²) in [5, 5.41) is 4.12. The quantitative estimate of drug-likeness (QED) is 0.597. The molecule has 160 valence electrons. The van der Waals surface area contributed by atoms with Crippen molar-refractivity contribution in [2.45, 2.75) is 26.4 Å². The fourth-order valence-electron chi connectivity index (χ4n) is 3.68. The first-order valence-electron chi connectivity index (χ1n) is 9.62. The van der Waals surface area contributed by atoms with Gasteiger partial charge in [0.05, 0.1) is 40.8 Å². The Balaban J connectivity index is 1.65. The van der Waals surface area contributed by atoms with Crippen LogP contribution in [0.3, 0.4) is 0 Å². The van der Waals surface area contributed by atoms with Crippen molar-refractivity contribution in [1.82, 2.24) is 14.7 Å². The summed E-state index contributed by atoms with van der Waals surface area (Å²) in [4.78, 5) is 26.8. The highest BCUT2D eigenvalue weighted by molar-refractivity contribution is 6.35. The second kappa shape index (κ2) is 8.32. The zero-order chi connectivity index (χ0) is 22.3. The summed E-state index contributed by atoms with van der Waals surface area (Å²) in [6.07, 6.45) is 0.260. The highest BCUT2D eigenvalue weighted by Gasteiger charge is 2.30. The first kappa shape index (κ1) is 21.3. The molecule has 9 heteroatoms. The minimum Gasteiger partial charge on any atom is -0.365 e. The van der Waals surface area contributed by atoms with Crippen molar-refractivity contribution in [3.05, 3.63) is 74.6 Å². The van der Waals surface area contributed by atoms with Crippen LogP contribution in [0.4, 0.5) is 4.39 Å². The van der Waals surface area contributed by atoms with Gasteiger partial charge in [-0.1, -0.05) is 53.0 Å². The molecule has 1 aromatic heterocycles. The Labute approximate surface area is 188 Å². The van der Waals surface area contributed by atoms with E-state index >= 15 is 0 Å². The van der Waals surface area contributed by atoms with Gasteiger partial charge >= 0.3 is 0 Å². The number of amides is 2. The van der Waals surface area contributed by atoms with Gasteiger partial charge in [-0.2, -0.15) is 5.10 Å². The summed E-state index contributed by atoms with van der Waals surface area (Å²) in [7, 11) is 0. The summed E-state index contributed by atoms with van der Waals surface area (Å²) in [5.41, 5.74) is 9.04. The fraction of sp³-hybridized carbons (Fsp3) is 0.227. The SMILES string of the molecule is Cc1ccc(CC(=O)N2CCn3nc(-c4cc(Cl)c(F)c(Cl)c4)c(C(N)=O)c3C2)cc1. The number of fused-ring (bicyclic) bond motifs is 1. The molecular weight excluding hydrogens is 442 g/mol. The minimum absolute atomic E-state index is 0.0545. The number of primary amides is 1. The summed E-state index contributed by atoms with van der Waals surface area (Å²) < 4.78 is 15.5. The lowest BCUT2D eigenvalue weighted by Gasteiger charge is -2.28. The van der Waals surface area contributed by atoms with Crippen LogP contribution in [0.1, 0.15) is 27.2 Å². The second-order valence-electron chi connectivity index (χ2n) is 7.49. The molecule has 0 saturated heterocycles. The maximum absolute atomic E-state index is 13.8. The van der Waals surface area contributed by atoms with E-state index in [1.807, 2.05) is 31.2 Å². The van der Waals surface area contributed by atoms with Gasteiger partial charge in [-0.3, -0.25) is 14.3 Å². The number of benzene rings is 2. The zero-order valence-corrected chi connectivity index (χ0v) is 18.2. The molecule has 2 amide bonds. The van der Waals surface area contributed by atoms with Crippen molar-refractivity contribution in [3.8, 4) is 11.3 Å². The fourth-order valence-corrected chi connectivity index (χ4v) is 4.16. The highest BCUT2D eigenvalue weighted by Crippen LogP contribution is 2.33. The van der Waals surface area contributed by atoms with E-state index < -0.39 is 11.7 Å². The number of nitrogens with two attached hydrogens (primary N) is 1. The average molecular weight is 461 g/mol. The molecule has 0 bridgehead atoms. The molecular formula is C22H19Cl2FN4O2. The molecule has 0 unspecified atom stereocenters. The van der Waals surface area contributed by atoms with Crippen LogP contribution in [0.5, 0.6) is 0 Å². The van der Waals surface area contributed by atoms with Crippen LogP contribution >= 0.6 is 23.2 Å². The van der Waals surface area contributed by atoms with Crippen LogP contribution in [-0.4, -0.2) is 33.0 Å². The van der Waals surface area contributed by atoms with Gasteiger partial charge in [0.2, 0.25) is 5.91 Å². The zero-order valence-electron chi connectivity index (χ0n) is 16.7. The molecule has 0 saturated carbocycles. The normalized spacial score (nSPS) is 13.2. The third kappa shape index (κ3) is 4.16. The number of aryl methyl sites for hydroxylation is 1. The first-order chi connectivity index (χ1) is 14.7. The Bertz CT molecular complexity index is 1170. The molecule has 31 heavy (non-hydrogen) atoms. The van der Waals surface area contributed by atoms with Gasteiger partial charge < -0.3 is 10.6 Å². The predicted molar refractivity (Wildman–Crippen MR) is 116 cm³/mol. The molecule has 4 rings (SSSR count). The first-order valence-corrected chi connectivity index (χ1v) is 10.4. The van der Waals surface area contributed by atoms with Gasteiger partial charge in [0.1, 0.15) is 5.69 Å². The summed E-state index contributed by atoms with van der Waals surface area (Å²) >= 11 is 11.8. The van der Waals surface area contributed by atoms with Crippen LogP contribution in [0.2, 0.25) is 10.0 Å². The maximum Gasteiger partial charge on any atom is 0.252 e. The number of halogens is 3. The van der Waals surface area contributed by atoms with E-state index in [1.165, 1.54) is 12.1 Å². The molecule has 0 radical (unpaired) electrons. The molecule has 2 aromatic carbocycles. The molecule has 3 aromatic rings. The molecule has 2 N–H and O–H groups in total. The topological polar surface area (TPSA) is 81.2 Å². The van der Waals surface area contributed by atoms with Crippen LogP contribution in [0.15, 0.2) is 36.4 Å². The van der Waals surface area contributed by atoms with E-state index in [1.54, 1.807) is 9.58 Å². The molecule has 1 aliphatic heterocycles. The van der Waals surface area contributed by atoms with Crippen molar-refractivity contribution in [3.63, 3.8) is 0 Å². The Morgan fingerprint density at radius 3 is 2.39 bits per heavy atom. The standard InChI is InChI=1S/C22H19Cl2FN4O2/c1-12-2-4-13(5-3-12)8-18(30)28-6-7-29-17(11-28)19(22(26)31)21(27-29)14-9-15(23)20(25)16(24)10-14/h2-5,9-10H,6-8,11H2,1H3,(H2,26,31).